The first-order valence-electron chi connectivity index (χ1n) is 5.94. The molecule has 98 valence electrons. The molecular weight excluding hydrogens is 230 g/mol. The van der Waals surface area contributed by atoms with Crippen LogP contribution in [0.3, 0.4) is 0 Å². The molecule has 0 spiro atoms. The molecule has 0 radical (unpaired) electrons. The maximum absolute atomic E-state index is 9.42. The first-order valence-corrected chi connectivity index (χ1v) is 5.94. The molecule has 1 aromatic heterocycles. The number of hydrogen-bond acceptors (Lipinski definition) is 5. The van der Waals surface area contributed by atoms with Crippen molar-refractivity contribution in [3.63, 3.8) is 0 Å². The van der Waals surface area contributed by atoms with E-state index in [1.165, 1.54) is 0 Å². The molecule has 1 heterocycles. The molecule has 0 saturated carbocycles. The van der Waals surface area contributed by atoms with Crippen LogP contribution in [-0.2, 0) is 4.74 Å². The van der Waals surface area contributed by atoms with Gasteiger partial charge in [-0.15, -0.1) is 0 Å². The van der Waals surface area contributed by atoms with Crippen LogP contribution in [0.2, 0.25) is 0 Å². The molecule has 0 amide bonds. The number of hydrogen-bond donors (Lipinski definition) is 1. The minimum Gasteiger partial charge on any atom is -0.389 e. The van der Waals surface area contributed by atoms with E-state index in [4.69, 9.17) is 10.00 Å². The van der Waals surface area contributed by atoms with Crippen molar-refractivity contribution >= 4 is 5.82 Å². The van der Waals surface area contributed by atoms with E-state index in [1.54, 1.807) is 20.2 Å². The number of rotatable bonds is 7. The van der Waals surface area contributed by atoms with Gasteiger partial charge in [-0.25, -0.2) is 4.98 Å². The normalized spacial score (nSPS) is 11.9. The van der Waals surface area contributed by atoms with Crippen molar-refractivity contribution in [3.05, 3.63) is 23.9 Å². The van der Waals surface area contributed by atoms with Gasteiger partial charge in [-0.1, -0.05) is 6.07 Å². The molecule has 5 nitrogen and oxygen atoms in total. The van der Waals surface area contributed by atoms with Crippen molar-refractivity contribution in [2.45, 2.75) is 19.4 Å². The van der Waals surface area contributed by atoms with Gasteiger partial charge in [0.2, 0.25) is 0 Å². The fourth-order valence-corrected chi connectivity index (χ4v) is 1.56. The standard InChI is InChI=1S/C13H19N3O2/c1-11(17)12-4-5-13(15-10-12)16(7-3-6-14)8-9-18-2/h4-5,10-11,17H,3,7-9H2,1-2H3/t11-/m0/s1. The number of anilines is 1. The highest BCUT2D eigenvalue weighted by atomic mass is 16.5. The van der Waals surface area contributed by atoms with Crippen molar-refractivity contribution in [1.82, 2.24) is 4.98 Å². The van der Waals surface area contributed by atoms with Gasteiger partial charge in [0.25, 0.3) is 0 Å². The highest BCUT2D eigenvalue weighted by molar-refractivity contribution is 5.39. The zero-order valence-corrected chi connectivity index (χ0v) is 10.8. The van der Waals surface area contributed by atoms with Crippen LogP contribution >= 0.6 is 0 Å². The van der Waals surface area contributed by atoms with E-state index in [-0.39, 0.29) is 0 Å². The van der Waals surface area contributed by atoms with E-state index in [0.29, 0.717) is 26.1 Å². The van der Waals surface area contributed by atoms with Crippen LogP contribution in [0, 0.1) is 11.3 Å². The van der Waals surface area contributed by atoms with Crippen molar-refractivity contribution in [2.24, 2.45) is 0 Å². The number of pyridine rings is 1. The van der Waals surface area contributed by atoms with E-state index in [9.17, 15) is 5.11 Å². The Hall–Kier alpha value is -1.64. The van der Waals surface area contributed by atoms with Gasteiger partial charge in [0.15, 0.2) is 0 Å². The van der Waals surface area contributed by atoms with Crippen molar-refractivity contribution in [1.29, 1.82) is 5.26 Å². The van der Waals surface area contributed by atoms with Crippen LogP contribution in [0.25, 0.3) is 0 Å². The minimum absolute atomic E-state index is 0.448. The monoisotopic (exact) mass is 249 g/mol. The van der Waals surface area contributed by atoms with E-state index >= 15 is 0 Å². The van der Waals surface area contributed by atoms with Crippen molar-refractivity contribution < 1.29 is 9.84 Å². The third-order valence-electron chi connectivity index (χ3n) is 2.64. The van der Waals surface area contributed by atoms with Gasteiger partial charge in [-0.2, -0.15) is 5.26 Å². The topological polar surface area (TPSA) is 69.4 Å². The summed E-state index contributed by atoms with van der Waals surface area (Å²) in [5, 5.41) is 18.1. The predicted molar refractivity (Wildman–Crippen MR) is 69.2 cm³/mol. The number of ether oxygens (including phenoxy) is 1. The number of aliphatic hydroxyl groups excluding tert-OH is 1. The quantitative estimate of drug-likeness (QED) is 0.793. The summed E-state index contributed by atoms with van der Waals surface area (Å²) in [5.74, 6) is 0.798. The van der Waals surface area contributed by atoms with Crippen molar-refractivity contribution in [3.8, 4) is 6.07 Å². The van der Waals surface area contributed by atoms with Crippen LogP contribution < -0.4 is 4.90 Å². The van der Waals surface area contributed by atoms with E-state index in [1.807, 2.05) is 17.0 Å². The summed E-state index contributed by atoms with van der Waals surface area (Å²) in [6.45, 7) is 3.61. The molecule has 0 saturated heterocycles. The Balaban J connectivity index is 2.74. The Kier molecular flexibility index (Phi) is 6.12. The summed E-state index contributed by atoms with van der Waals surface area (Å²) in [6, 6.07) is 5.83. The Morgan fingerprint density at radius 3 is 2.78 bits per heavy atom. The van der Waals surface area contributed by atoms with Gasteiger partial charge in [0, 0.05) is 26.4 Å². The smallest absolute Gasteiger partial charge is 0.128 e. The minimum atomic E-state index is -0.516. The summed E-state index contributed by atoms with van der Waals surface area (Å²) in [5.41, 5.74) is 0.783. The van der Waals surface area contributed by atoms with Crippen molar-refractivity contribution in [2.75, 3.05) is 31.7 Å². The van der Waals surface area contributed by atoms with Gasteiger partial charge in [0.05, 0.1) is 25.2 Å². The molecule has 0 aliphatic carbocycles. The molecule has 1 atom stereocenters. The van der Waals surface area contributed by atoms with E-state index < -0.39 is 6.10 Å². The van der Waals surface area contributed by atoms with Gasteiger partial charge >= 0.3 is 0 Å². The molecule has 1 N–H and O–H groups in total. The summed E-state index contributed by atoms with van der Waals surface area (Å²) >= 11 is 0. The predicted octanol–water partition coefficient (Wildman–Crippen LogP) is 1.50. The maximum atomic E-state index is 9.42. The summed E-state index contributed by atoms with van der Waals surface area (Å²) in [4.78, 5) is 6.31. The molecule has 0 aromatic carbocycles. The molecule has 1 rings (SSSR count). The van der Waals surface area contributed by atoms with Crippen LogP contribution in [0.15, 0.2) is 18.3 Å². The molecule has 18 heavy (non-hydrogen) atoms. The fraction of sp³-hybridized carbons (Fsp3) is 0.538. The maximum Gasteiger partial charge on any atom is 0.128 e. The Bertz CT molecular complexity index is 384. The summed E-state index contributed by atoms with van der Waals surface area (Å²) in [6.07, 6.45) is 1.59. The third-order valence-corrected chi connectivity index (χ3v) is 2.64. The summed E-state index contributed by atoms with van der Waals surface area (Å²) in [7, 11) is 1.65. The van der Waals surface area contributed by atoms with Gasteiger partial charge in [-0.3, -0.25) is 0 Å². The number of nitrogens with zero attached hydrogens (tertiary/aromatic N) is 3. The Labute approximate surface area is 108 Å². The number of nitriles is 1. The lowest BCUT2D eigenvalue weighted by atomic mass is 10.2. The molecule has 0 aliphatic rings. The lowest BCUT2D eigenvalue weighted by molar-refractivity contribution is 0.198. The lowest BCUT2D eigenvalue weighted by Gasteiger charge is -2.22. The van der Waals surface area contributed by atoms with Crippen LogP contribution in [0.5, 0.6) is 0 Å². The zero-order chi connectivity index (χ0) is 13.4. The van der Waals surface area contributed by atoms with Crippen LogP contribution in [-0.4, -0.2) is 36.9 Å². The number of aromatic nitrogens is 1. The van der Waals surface area contributed by atoms with E-state index in [2.05, 4.69) is 11.1 Å². The second kappa shape index (κ2) is 7.64. The summed E-state index contributed by atoms with van der Waals surface area (Å²) < 4.78 is 5.04. The highest BCUT2D eigenvalue weighted by Crippen LogP contribution is 2.15. The molecule has 0 unspecified atom stereocenters. The largest absolute Gasteiger partial charge is 0.389 e. The zero-order valence-electron chi connectivity index (χ0n) is 10.8. The second-order valence-electron chi connectivity index (χ2n) is 4.01. The average Bonchev–Trinajstić information content (AvgIpc) is 2.39. The molecule has 0 aliphatic heterocycles. The van der Waals surface area contributed by atoms with Crippen LogP contribution in [0.1, 0.15) is 25.0 Å². The van der Waals surface area contributed by atoms with Gasteiger partial charge < -0.3 is 14.7 Å². The second-order valence-corrected chi connectivity index (χ2v) is 4.01. The van der Waals surface area contributed by atoms with Gasteiger partial charge in [-0.05, 0) is 18.6 Å². The third kappa shape index (κ3) is 4.32. The highest BCUT2D eigenvalue weighted by Gasteiger charge is 2.08. The fourth-order valence-electron chi connectivity index (χ4n) is 1.56. The van der Waals surface area contributed by atoms with Gasteiger partial charge in [0.1, 0.15) is 5.82 Å². The molecule has 0 bridgehead atoms. The van der Waals surface area contributed by atoms with E-state index in [0.717, 1.165) is 11.4 Å². The first kappa shape index (κ1) is 14.4. The Morgan fingerprint density at radius 2 is 2.28 bits per heavy atom. The lowest BCUT2D eigenvalue weighted by Crippen LogP contribution is -2.29. The average molecular weight is 249 g/mol. The SMILES string of the molecule is COCCN(CCC#N)c1ccc([C@H](C)O)cn1. The molecule has 0 fully saturated rings. The molecular formula is C13H19N3O2. The number of methoxy groups -OCH3 is 1. The molecule has 1 aromatic rings. The molecule has 5 heteroatoms. The Morgan fingerprint density at radius 1 is 1.50 bits per heavy atom. The van der Waals surface area contributed by atoms with Crippen LogP contribution in [0.4, 0.5) is 5.82 Å². The first-order chi connectivity index (χ1) is 8.69. The number of aliphatic hydroxyl groups is 1.